The molecule has 1 N–H and O–H groups in total. The number of nitrogens with zero attached hydrogens (tertiary/aromatic N) is 1. The molecule has 1 fully saturated rings. The van der Waals surface area contributed by atoms with Crippen LogP contribution in [0.3, 0.4) is 0 Å². The molecule has 0 spiro atoms. The number of carbonyl (C=O) groups is 1. The second-order valence-corrected chi connectivity index (χ2v) is 4.40. The first kappa shape index (κ1) is 13.5. The summed E-state index contributed by atoms with van der Waals surface area (Å²) in [5.74, 6) is 0.246. The number of hydrogen-bond donors (Lipinski definition) is 1. The Kier molecular flexibility index (Phi) is 5.77. The third-order valence-corrected chi connectivity index (χ3v) is 2.98. The largest absolute Gasteiger partial charge is 0.375 e. The maximum Gasteiger partial charge on any atom is 0.224 e. The Balaban J connectivity index is 2.35. The summed E-state index contributed by atoms with van der Waals surface area (Å²) in [4.78, 5) is 13.9. The molecule has 4 nitrogen and oxygen atoms in total. The first-order chi connectivity index (χ1) is 7.67. The van der Waals surface area contributed by atoms with Crippen LogP contribution < -0.4 is 5.32 Å². The molecule has 0 bridgehead atoms. The topological polar surface area (TPSA) is 41.6 Å². The van der Waals surface area contributed by atoms with Crippen molar-refractivity contribution in [2.45, 2.75) is 45.8 Å². The summed E-state index contributed by atoms with van der Waals surface area (Å²) >= 11 is 0. The average Bonchev–Trinajstić information content (AvgIpc) is 2.29. The fraction of sp³-hybridized carbons (Fsp3) is 0.917. The Morgan fingerprint density at radius 2 is 2.31 bits per heavy atom. The van der Waals surface area contributed by atoms with Crippen LogP contribution in [-0.2, 0) is 9.53 Å². The molecule has 16 heavy (non-hydrogen) atoms. The van der Waals surface area contributed by atoms with Crippen molar-refractivity contribution in [2.24, 2.45) is 0 Å². The van der Waals surface area contributed by atoms with E-state index in [1.54, 1.807) is 0 Å². The molecule has 1 saturated heterocycles. The van der Waals surface area contributed by atoms with E-state index in [0.717, 1.165) is 26.1 Å². The molecule has 94 valence electrons. The van der Waals surface area contributed by atoms with E-state index < -0.39 is 0 Å². The quantitative estimate of drug-likeness (QED) is 0.763. The van der Waals surface area contributed by atoms with Crippen LogP contribution in [0, 0.1) is 0 Å². The van der Waals surface area contributed by atoms with Crippen LogP contribution in [0.4, 0.5) is 0 Å². The SMILES string of the molecule is CCNC(C)CC(=O)N1CCOC(CC)C1. The standard InChI is InChI=1S/C12H24N2O2/c1-4-11-9-14(6-7-16-11)12(15)8-10(3)13-5-2/h10-11,13H,4-9H2,1-3H3. The summed E-state index contributed by atoms with van der Waals surface area (Å²) < 4.78 is 5.55. The van der Waals surface area contributed by atoms with Crippen molar-refractivity contribution in [3.63, 3.8) is 0 Å². The van der Waals surface area contributed by atoms with Gasteiger partial charge in [-0.1, -0.05) is 13.8 Å². The van der Waals surface area contributed by atoms with Crippen LogP contribution in [-0.4, -0.2) is 49.2 Å². The van der Waals surface area contributed by atoms with Gasteiger partial charge in [0.1, 0.15) is 0 Å². The van der Waals surface area contributed by atoms with Crippen LogP contribution >= 0.6 is 0 Å². The smallest absolute Gasteiger partial charge is 0.224 e. The molecule has 1 aliphatic heterocycles. The normalized spacial score (nSPS) is 23.2. The van der Waals surface area contributed by atoms with Crippen LogP contribution in [0.2, 0.25) is 0 Å². The zero-order chi connectivity index (χ0) is 12.0. The first-order valence-electron chi connectivity index (χ1n) is 6.30. The molecule has 0 aliphatic carbocycles. The lowest BCUT2D eigenvalue weighted by Gasteiger charge is -2.33. The van der Waals surface area contributed by atoms with Gasteiger partial charge in [-0.15, -0.1) is 0 Å². The molecule has 4 heteroatoms. The minimum atomic E-state index is 0.229. The van der Waals surface area contributed by atoms with Gasteiger partial charge in [0.15, 0.2) is 0 Å². The predicted octanol–water partition coefficient (Wildman–Crippen LogP) is 1.01. The van der Waals surface area contributed by atoms with Gasteiger partial charge in [-0.25, -0.2) is 0 Å². The van der Waals surface area contributed by atoms with Crippen molar-refractivity contribution < 1.29 is 9.53 Å². The minimum absolute atomic E-state index is 0.229. The van der Waals surface area contributed by atoms with Crippen molar-refractivity contribution in [2.75, 3.05) is 26.2 Å². The molecular formula is C12H24N2O2. The summed E-state index contributed by atoms with van der Waals surface area (Å²) in [6.45, 7) is 9.30. The van der Waals surface area contributed by atoms with Gasteiger partial charge in [-0.3, -0.25) is 4.79 Å². The molecule has 1 aliphatic rings. The van der Waals surface area contributed by atoms with Gasteiger partial charge in [0.2, 0.25) is 5.91 Å². The van der Waals surface area contributed by atoms with E-state index in [2.05, 4.69) is 26.1 Å². The van der Waals surface area contributed by atoms with E-state index in [1.807, 2.05) is 4.90 Å². The van der Waals surface area contributed by atoms with Crippen LogP contribution in [0.25, 0.3) is 0 Å². The molecule has 2 atom stereocenters. The van der Waals surface area contributed by atoms with Crippen LogP contribution in [0.1, 0.15) is 33.6 Å². The molecule has 0 aromatic rings. The van der Waals surface area contributed by atoms with Crippen molar-refractivity contribution in [1.82, 2.24) is 10.2 Å². The highest BCUT2D eigenvalue weighted by Gasteiger charge is 2.23. The fourth-order valence-corrected chi connectivity index (χ4v) is 2.00. The van der Waals surface area contributed by atoms with Crippen molar-refractivity contribution in [1.29, 1.82) is 0 Å². The van der Waals surface area contributed by atoms with Crippen LogP contribution in [0.15, 0.2) is 0 Å². The fourth-order valence-electron chi connectivity index (χ4n) is 2.00. The van der Waals surface area contributed by atoms with Gasteiger partial charge in [-0.2, -0.15) is 0 Å². The zero-order valence-corrected chi connectivity index (χ0v) is 10.7. The summed E-state index contributed by atoms with van der Waals surface area (Å²) in [7, 11) is 0. The van der Waals surface area contributed by atoms with Gasteiger partial charge in [0.05, 0.1) is 12.7 Å². The lowest BCUT2D eigenvalue weighted by molar-refractivity contribution is -0.139. The number of carbonyl (C=O) groups excluding carboxylic acids is 1. The van der Waals surface area contributed by atoms with Crippen molar-refractivity contribution in [3.05, 3.63) is 0 Å². The third-order valence-electron chi connectivity index (χ3n) is 2.98. The number of rotatable bonds is 5. The number of ether oxygens (including phenoxy) is 1. The molecule has 1 rings (SSSR count). The number of morpholine rings is 1. The van der Waals surface area contributed by atoms with Crippen molar-refractivity contribution in [3.8, 4) is 0 Å². The highest BCUT2D eigenvalue weighted by atomic mass is 16.5. The van der Waals surface area contributed by atoms with E-state index in [0.29, 0.717) is 13.0 Å². The molecule has 1 amide bonds. The van der Waals surface area contributed by atoms with Gasteiger partial charge >= 0.3 is 0 Å². The predicted molar refractivity (Wildman–Crippen MR) is 64.4 cm³/mol. The Morgan fingerprint density at radius 3 is 2.94 bits per heavy atom. The Hall–Kier alpha value is -0.610. The maximum absolute atomic E-state index is 12.0. The van der Waals surface area contributed by atoms with E-state index in [-0.39, 0.29) is 18.1 Å². The molecule has 2 unspecified atom stereocenters. The maximum atomic E-state index is 12.0. The molecule has 0 aromatic carbocycles. The van der Waals surface area contributed by atoms with Gasteiger partial charge in [0.25, 0.3) is 0 Å². The lowest BCUT2D eigenvalue weighted by atomic mass is 10.1. The highest BCUT2D eigenvalue weighted by molar-refractivity contribution is 5.76. The molecule has 0 radical (unpaired) electrons. The van der Waals surface area contributed by atoms with Gasteiger partial charge < -0.3 is 15.0 Å². The summed E-state index contributed by atoms with van der Waals surface area (Å²) in [6, 6.07) is 0.264. The van der Waals surface area contributed by atoms with E-state index in [9.17, 15) is 4.79 Å². The second kappa shape index (κ2) is 6.86. The monoisotopic (exact) mass is 228 g/mol. The van der Waals surface area contributed by atoms with Gasteiger partial charge in [-0.05, 0) is 19.9 Å². The average molecular weight is 228 g/mol. The highest BCUT2D eigenvalue weighted by Crippen LogP contribution is 2.10. The summed E-state index contributed by atoms with van der Waals surface area (Å²) in [5, 5.41) is 3.26. The minimum Gasteiger partial charge on any atom is -0.375 e. The molecule has 0 aromatic heterocycles. The summed E-state index contributed by atoms with van der Waals surface area (Å²) in [5.41, 5.74) is 0. The Labute approximate surface area is 98.3 Å². The van der Waals surface area contributed by atoms with E-state index in [1.165, 1.54) is 0 Å². The first-order valence-corrected chi connectivity index (χ1v) is 6.30. The number of amides is 1. The van der Waals surface area contributed by atoms with Crippen molar-refractivity contribution >= 4 is 5.91 Å². The molecule has 0 saturated carbocycles. The Bertz CT molecular complexity index is 221. The molecular weight excluding hydrogens is 204 g/mol. The van der Waals surface area contributed by atoms with Crippen LogP contribution in [0.5, 0.6) is 0 Å². The summed E-state index contributed by atoms with van der Waals surface area (Å²) in [6.07, 6.45) is 1.80. The lowest BCUT2D eigenvalue weighted by Crippen LogP contribution is -2.47. The van der Waals surface area contributed by atoms with E-state index in [4.69, 9.17) is 4.74 Å². The van der Waals surface area contributed by atoms with Gasteiger partial charge in [0, 0.05) is 25.6 Å². The molecule has 1 heterocycles. The Morgan fingerprint density at radius 1 is 1.56 bits per heavy atom. The number of hydrogen-bond acceptors (Lipinski definition) is 3. The third kappa shape index (κ3) is 4.10. The zero-order valence-electron chi connectivity index (χ0n) is 10.7. The number of nitrogens with one attached hydrogen (secondary N) is 1. The second-order valence-electron chi connectivity index (χ2n) is 4.40. The van der Waals surface area contributed by atoms with E-state index >= 15 is 0 Å².